The molecule has 35 heavy (non-hydrogen) atoms. The number of carboxylic acid groups (broad SMARTS) is 1. The van der Waals surface area contributed by atoms with Crippen molar-refractivity contribution in [2.45, 2.75) is 38.1 Å². The standard InChI is InChI=1S/C29H31NO5/c1-3-35-28(34)21(2)19-25(27(32)33)30-26(31)20-29(22-13-7-4-8-14-22,23-15-9-5-10-16-23)24-17-11-6-12-18-24/h4-18,21,25H,3,19-20H2,1-2H3,(H,30,31)(H,32,33)/t21-,25-/m0/s1. The van der Waals surface area contributed by atoms with Gasteiger partial charge in [-0.3, -0.25) is 9.59 Å². The first-order valence-electron chi connectivity index (χ1n) is 11.7. The highest BCUT2D eigenvalue weighted by Crippen LogP contribution is 2.42. The highest BCUT2D eigenvalue weighted by molar-refractivity contribution is 5.86. The van der Waals surface area contributed by atoms with E-state index in [1.807, 2.05) is 91.0 Å². The van der Waals surface area contributed by atoms with Crippen molar-refractivity contribution >= 4 is 17.8 Å². The van der Waals surface area contributed by atoms with E-state index in [0.717, 1.165) is 16.7 Å². The van der Waals surface area contributed by atoms with Crippen LogP contribution in [0.5, 0.6) is 0 Å². The van der Waals surface area contributed by atoms with Gasteiger partial charge in [-0.05, 0) is 30.0 Å². The van der Waals surface area contributed by atoms with Crippen molar-refractivity contribution in [3.05, 3.63) is 108 Å². The van der Waals surface area contributed by atoms with Gasteiger partial charge in [-0.2, -0.15) is 0 Å². The molecule has 0 fully saturated rings. The summed E-state index contributed by atoms with van der Waals surface area (Å²) in [6.45, 7) is 3.50. The van der Waals surface area contributed by atoms with Gasteiger partial charge >= 0.3 is 11.9 Å². The number of amides is 1. The lowest BCUT2D eigenvalue weighted by atomic mass is 9.67. The zero-order valence-corrected chi connectivity index (χ0v) is 20.0. The second kappa shape index (κ2) is 12.0. The number of ether oxygens (including phenoxy) is 1. The number of benzene rings is 3. The molecule has 0 radical (unpaired) electrons. The molecule has 2 N–H and O–H groups in total. The Bertz CT molecular complexity index is 1020. The molecule has 3 aromatic rings. The minimum Gasteiger partial charge on any atom is -0.480 e. The zero-order chi connectivity index (χ0) is 25.3. The maximum absolute atomic E-state index is 13.5. The van der Waals surface area contributed by atoms with Crippen molar-refractivity contribution in [2.75, 3.05) is 6.61 Å². The lowest BCUT2D eigenvalue weighted by Gasteiger charge is -2.36. The van der Waals surface area contributed by atoms with E-state index in [-0.39, 0.29) is 19.4 Å². The molecule has 6 nitrogen and oxygen atoms in total. The van der Waals surface area contributed by atoms with Crippen molar-refractivity contribution in [3.63, 3.8) is 0 Å². The number of nitrogens with one attached hydrogen (secondary N) is 1. The van der Waals surface area contributed by atoms with Gasteiger partial charge in [-0.25, -0.2) is 4.79 Å². The van der Waals surface area contributed by atoms with Crippen LogP contribution in [-0.4, -0.2) is 35.6 Å². The lowest BCUT2D eigenvalue weighted by Crippen LogP contribution is -2.45. The molecule has 0 spiro atoms. The summed E-state index contributed by atoms with van der Waals surface area (Å²) >= 11 is 0. The Hall–Kier alpha value is -3.93. The van der Waals surface area contributed by atoms with Gasteiger partial charge < -0.3 is 15.2 Å². The van der Waals surface area contributed by atoms with E-state index in [1.165, 1.54) is 0 Å². The Morgan fingerprint density at radius 3 is 1.63 bits per heavy atom. The molecule has 0 aliphatic carbocycles. The van der Waals surface area contributed by atoms with Crippen LogP contribution >= 0.6 is 0 Å². The van der Waals surface area contributed by atoms with E-state index >= 15 is 0 Å². The van der Waals surface area contributed by atoms with Crippen LogP contribution in [-0.2, 0) is 24.5 Å². The number of rotatable bonds is 11. The van der Waals surface area contributed by atoms with Crippen LogP contribution in [0.15, 0.2) is 91.0 Å². The number of carbonyl (C=O) groups excluding carboxylic acids is 2. The van der Waals surface area contributed by atoms with Crippen molar-refractivity contribution in [3.8, 4) is 0 Å². The topological polar surface area (TPSA) is 92.7 Å². The molecule has 0 saturated carbocycles. The molecule has 3 aromatic carbocycles. The third-order valence-corrected chi connectivity index (χ3v) is 6.14. The number of esters is 1. The van der Waals surface area contributed by atoms with Crippen LogP contribution in [0, 0.1) is 5.92 Å². The molecule has 2 atom stereocenters. The van der Waals surface area contributed by atoms with Gasteiger partial charge in [0, 0.05) is 6.42 Å². The van der Waals surface area contributed by atoms with Crippen LogP contribution in [0.25, 0.3) is 0 Å². The Labute approximate surface area is 206 Å². The molecule has 1 amide bonds. The first kappa shape index (κ1) is 25.7. The second-order valence-corrected chi connectivity index (χ2v) is 8.53. The third kappa shape index (κ3) is 6.15. The summed E-state index contributed by atoms with van der Waals surface area (Å²) in [6, 6.07) is 27.9. The van der Waals surface area contributed by atoms with E-state index in [1.54, 1.807) is 13.8 Å². The number of carbonyl (C=O) groups is 3. The van der Waals surface area contributed by atoms with E-state index < -0.39 is 35.2 Å². The van der Waals surface area contributed by atoms with E-state index in [4.69, 9.17) is 4.74 Å². The van der Waals surface area contributed by atoms with Crippen molar-refractivity contribution < 1.29 is 24.2 Å². The highest BCUT2D eigenvalue weighted by atomic mass is 16.5. The third-order valence-electron chi connectivity index (χ3n) is 6.14. The zero-order valence-electron chi connectivity index (χ0n) is 20.0. The molecule has 6 heteroatoms. The predicted molar refractivity (Wildman–Crippen MR) is 134 cm³/mol. The summed E-state index contributed by atoms with van der Waals surface area (Å²) < 4.78 is 5.00. The molecule has 0 bridgehead atoms. The number of hydrogen-bond donors (Lipinski definition) is 2. The largest absolute Gasteiger partial charge is 0.480 e. The molecule has 0 aromatic heterocycles. The number of aliphatic carboxylic acids is 1. The summed E-state index contributed by atoms with van der Waals surface area (Å²) in [5.74, 6) is -2.78. The minimum absolute atomic E-state index is 0.0113. The summed E-state index contributed by atoms with van der Waals surface area (Å²) in [4.78, 5) is 37.5. The maximum atomic E-state index is 13.5. The SMILES string of the molecule is CCOC(=O)[C@@H](C)C[C@H](NC(=O)CC(c1ccccc1)(c1ccccc1)c1ccccc1)C(=O)O. The molecule has 0 aliphatic heterocycles. The van der Waals surface area contributed by atoms with E-state index in [2.05, 4.69) is 5.32 Å². The van der Waals surface area contributed by atoms with Crippen molar-refractivity contribution in [1.29, 1.82) is 0 Å². The molecule has 3 rings (SSSR count). The molecule has 0 heterocycles. The molecule has 182 valence electrons. The second-order valence-electron chi connectivity index (χ2n) is 8.53. The molecular formula is C29H31NO5. The average molecular weight is 474 g/mol. The fourth-order valence-corrected chi connectivity index (χ4v) is 4.42. The Kier molecular flexibility index (Phi) is 8.79. The van der Waals surface area contributed by atoms with Crippen molar-refractivity contribution in [1.82, 2.24) is 5.32 Å². The van der Waals surface area contributed by atoms with Crippen LogP contribution < -0.4 is 5.32 Å². The minimum atomic E-state index is -1.22. The fourth-order valence-electron chi connectivity index (χ4n) is 4.42. The molecule has 0 aliphatic rings. The maximum Gasteiger partial charge on any atom is 0.326 e. The Balaban J connectivity index is 2.00. The fraction of sp³-hybridized carbons (Fsp3) is 0.276. The van der Waals surface area contributed by atoms with Crippen LogP contribution in [0.4, 0.5) is 0 Å². The predicted octanol–water partition coefficient (Wildman–Crippen LogP) is 4.57. The smallest absolute Gasteiger partial charge is 0.326 e. The first-order chi connectivity index (χ1) is 16.9. The summed E-state index contributed by atoms with van der Waals surface area (Å²) in [6.07, 6.45) is -0.0719. The van der Waals surface area contributed by atoms with Crippen LogP contribution in [0.1, 0.15) is 43.4 Å². The van der Waals surface area contributed by atoms with Crippen LogP contribution in [0.3, 0.4) is 0 Å². The summed E-state index contributed by atoms with van der Waals surface area (Å²) in [5, 5.41) is 12.4. The lowest BCUT2D eigenvalue weighted by molar-refractivity contribution is -0.149. The number of hydrogen-bond acceptors (Lipinski definition) is 4. The van der Waals surface area contributed by atoms with Gasteiger partial charge in [-0.15, -0.1) is 0 Å². The van der Waals surface area contributed by atoms with Gasteiger partial charge in [0.15, 0.2) is 0 Å². The van der Waals surface area contributed by atoms with Crippen LogP contribution in [0.2, 0.25) is 0 Å². The van der Waals surface area contributed by atoms with Gasteiger partial charge in [0.2, 0.25) is 5.91 Å². The monoisotopic (exact) mass is 473 g/mol. The van der Waals surface area contributed by atoms with Gasteiger partial charge in [0.1, 0.15) is 6.04 Å². The van der Waals surface area contributed by atoms with E-state index in [0.29, 0.717) is 0 Å². The highest BCUT2D eigenvalue weighted by Gasteiger charge is 2.39. The first-order valence-corrected chi connectivity index (χ1v) is 11.7. The normalized spacial score (nSPS) is 12.9. The Morgan fingerprint density at radius 1 is 0.829 bits per heavy atom. The number of carboxylic acids is 1. The van der Waals surface area contributed by atoms with Gasteiger partial charge in [0.25, 0.3) is 0 Å². The summed E-state index contributed by atoms with van der Waals surface area (Å²) in [5.41, 5.74) is 1.90. The molecule has 0 saturated heterocycles. The molecular weight excluding hydrogens is 442 g/mol. The average Bonchev–Trinajstić information content (AvgIpc) is 2.88. The quantitative estimate of drug-likeness (QED) is 0.314. The summed E-state index contributed by atoms with van der Waals surface area (Å²) in [7, 11) is 0. The molecule has 0 unspecified atom stereocenters. The van der Waals surface area contributed by atoms with Gasteiger partial charge in [-0.1, -0.05) is 97.9 Å². The van der Waals surface area contributed by atoms with Gasteiger partial charge in [0.05, 0.1) is 17.9 Å². The van der Waals surface area contributed by atoms with Crippen molar-refractivity contribution in [2.24, 2.45) is 5.92 Å². The van der Waals surface area contributed by atoms with E-state index in [9.17, 15) is 19.5 Å². The Morgan fingerprint density at radius 2 is 1.26 bits per heavy atom.